The summed E-state index contributed by atoms with van der Waals surface area (Å²) in [6, 6.07) is 7.47. The molecule has 0 aliphatic rings. The van der Waals surface area contributed by atoms with E-state index in [1.807, 2.05) is 30.0 Å². The molecule has 1 aromatic carbocycles. The zero-order valence-corrected chi connectivity index (χ0v) is 9.28. The van der Waals surface area contributed by atoms with E-state index in [2.05, 4.69) is 13.5 Å². The summed E-state index contributed by atoms with van der Waals surface area (Å²) < 4.78 is 5.64. The highest BCUT2D eigenvalue weighted by molar-refractivity contribution is 6.43. The van der Waals surface area contributed by atoms with Crippen molar-refractivity contribution in [1.29, 1.82) is 0 Å². The maximum atomic E-state index is 5.64. The Bertz CT molecular complexity index is 271. The van der Waals surface area contributed by atoms with Crippen LogP contribution in [0.25, 0.3) is 0 Å². The molecule has 0 aliphatic heterocycles. The van der Waals surface area contributed by atoms with Crippen molar-refractivity contribution in [2.45, 2.75) is 12.7 Å². The van der Waals surface area contributed by atoms with Crippen LogP contribution in [-0.2, 0) is 0 Å². The van der Waals surface area contributed by atoms with Crippen LogP contribution in [0.15, 0.2) is 36.5 Å². The molecule has 0 saturated heterocycles. The largest absolute Gasteiger partial charge is 0.495 e. The molecule has 1 atom stereocenters. The molecule has 0 fully saturated rings. The molecule has 2 nitrogen and oxygen atoms in total. The second-order valence-electron chi connectivity index (χ2n) is 3.02. The molecule has 0 aromatic heterocycles. The number of anilines is 1. The van der Waals surface area contributed by atoms with E-state index in [0.29, 0.717) is 5.73 Å². The lowest BCUT2D eigenvalue weighted by molar-refractivity contribution is 0.298. The summed E-state index contributed by atoms with van der Waals surface area (Å²) in [7, 11) is -0.297. The minimum Gasteiger partial charge on any atom is -0.495 e. The molecule has 0 radical (unpaired) electrons. The summed E-state index contributed by atoms with van der Waals surface area (Å²) in [6.07, 6.45) is 0. The maximum Gasteiger partial charge on any atom is 0.119 e. The van der Waals surface area contributed by atoms with Crippen molar-refractivity contribution in [1.82, 2.24) is 0 Å². The van der Waals surface area contributed by atoms with Crippen molar-refractivity contribution in [2.24, 2.45) is 0 Å². The summed E-state index contributed by atoms with van der Waals surface area (Å²) >= 11 is 0. The lowest BCUT2D eigenvalue weighted by Gasteiger charge is -2.12. The first kappa shape index (κ1) is 9.86. The van der Waals surface area contributed by atoms with Gasteiger partial charge in [-0.2, -0.15) is 0 Å². The Kier molecular flexibility index (Phi) is 3.58. The van der Waals surface area contributed by atoms with Gasteiger partial charge in [-0.1, -0.05) is 0 Å². The number of rotatable bonds is 4. The van der Waals surface area contributed by atoms with Crippen molar-refractivity contribution in [2.75, 3.05) is 5.73 Å². The monoisotopic (exact) mass is 193 g/mol. The van der Waals surface area contributed by atoms with Gasteiger partial charge in [0.15, 0.2) is 0 Å². The molecule has 0 bridgehead atoms. The molecular weight excluding hydrogens is 178 g/mol. The van der Waals surface area contributed by atoms with Crippen LogP contribution in [0.1, 0.15) is 6.92 Å². The zero-order valence-electron chi connectivity index (χ0n) is 7.86. The van der Waals surface area contributed by atoms with Gasteiger partial charge < -0.3 is 10.5 Å². The first-order chi connectivity index (χ1) is 6.22. The Labute approximate surface area is 81.2 Å². The number of hydrogen-bond donors (Lipinski definition) is 1. The van der Waals surface area contributed by atoms with E-state index in [0.717, 1.165) is 11.4 Å². The van der Waals surface area contributed by atoms with Crippen molar-refractivity contribution >= 4 is 15.2 Å². The highest BCUT2D eigenvalue weighted by atomic mass is 28.2. The van der Waals surface area contributed by atoms with Crippen molar-refractivity contribution in [3.8, 4) is 5.75 Å². The van der Waals surface area contributed by atoms with Gasteiger partial charge in [0.05, 0.1) is 15.2 Å². The summed E-state index contributed by atoms with van der Waals surface area (Å²) in [5, 5.41) is 0. The number of nitrogen functional groups attached to an aromatic ring is 1. The molecule has 1 aromatic rings. The molecule has 70 valence electrons. The zero-order chi connectivity index (χ0) is 9.68. The third-order valence-corrected chi connectivity index (χ3v) is 2.88. The van der Waals surface area contributed by atoms with E-state index in [9.17, 15) is 0 Å². The third kappa shape index (κ3) is 3.34. The van der Waals surface area contributed by atoms with E-state index in [4.69, 9.17) is 10.5 Å². The van der Waals surface area contributed by atoms with E-state index in [1.165, 1.54) is 0 Å². The first-order valence-corrected chi connectivity index (χ1v) is 5.98. The summed E-state index contributed by atoms with van der Waals surface area (Å²) in [6.45, 7) is 5.79. The fourth-order valence-corrected chi connectivity index (χ4v) is 1.82. The number of nitrogens with two attached hydrogens (primary N) is 1. The molecule has 1 unspecified atom stereocenters. The van der Waals surface area contributed by atoms with E-state index in [1.54, 1.807) is 0 Å². The van der Waals surface area contributed by atoms with Gasteiger partial charge in [0.2, 0.25) is 0 Å². The predicted octanol–water partition coefficient (Wildman–Crippen LogP) is 1.31. The molecule has 0 amide bonds. The van der Waals surface area contributed by atoms with Gasteiger partial charge >= 0.3 is 0 Å². The SMILES string of the molecule is C=C[SiH2]C(C)Oc1ccc(N)cc1. The highest BCUT2D eigenvalue weighted by Gasteiger charge is 2.00. The van der Waals surface area contributed by atoms with Gasteiger partial charge in [0.25, 0.3) is 0 Å². The first-order valence-electron chi connectivity index (χ1n) is 4.35. The lowest BCUT2D eigenvalue weighted by Crippen LogP contribution is -2.18. The standard InChI is InChI=1S/C10H15NOSi/c1-3-13-8(2)12-10-6-4-9(11)5-7-10/h3-8H,1,11,13H2,2H3. The van der Waals surface area contributed by atoms with Crippen LogP contribution in [0.3, 0.4) is 0 Å². The molecule has 3 heteroatoms. The van der Waals surface area contributed by atoms with Crippen molar-refractivity contribution < 1.29 is 4.74 Å². The second kappa shape index (κ2) is 4.72. The van der Waals surface area contributed by atoms with E-state index in [-0.39, 0.29) is 9.52 Å². The molecule has 0 aliphatic carbocycles. The number of hydrogen-bond acceptors (Lipinski definition) is 2. The van der Waals surface area contributed by atoms with Crippen LogP contribution in [0.5, 0.6) is 5.75 Å². The minimum atomic E-state index is -0.297. The fourth-order valence-electron chi connectivity index (χ4n) is 1.06. The fraction of sp³-hybridized carbons (Fsp3) is 0.200. The highest BCUT2D eigenvalue weighted by Crippen LogP contribution is 2.14. The molecule has 0 spiro atoms. The van der Waals surface area contributed by atoms with Crippen LogP contribution in [0.2, 0.25) is 0 Å². The van der Waals surface area contributed by atoms with Crippen LogP contribution >= 0.6 is 0 Å². The van der Waals surface area contributed by atoms with E-state index < -0.39 is 0 Å². The molecular formula is C10H15NOSi. The Morgan fingerprint density at radius 3 is 2.62 bits per heavy atom. The molecule has 0 heterocycles. The summed E-state index contributed by atoms with van der Waals surface area (Å²) in [5.74, 6) is 0.885. The van der Waals surface area contributed by atoms with E-state index >= 15 is 0 Å². The molecule has 0 saturated carbocycles. The maximum absolute atomic E-state index is 5.64. The topological polar surface area (TPSA) is 35.2 Å². The van der Waals surface area contributed by atoms with Gasteiger partial charge in [0, 0.05) is 5.69 Å². The van der Waals surface area contributed by atoms with Gasteiger partial charge in [-0.3, -0.25) is 0 Å². The minimum absolute atomic E-state index is 0.297. The summed E-state index contributed by atoms with van der Waals surface area (Å²) in [4.78, 5) is 0. The smallest absolute Gasteiger partial charge is 0.119 e. The molecule has 13 heavy (non-hydrogen) atoms. The van der Waals surface area contributed by atoms with Gasteiger partial charge in [-0.25, -0.2) is 0 Å². The second-order valence-corrected chi connectivity index (χ2v) is 5.22. The van der Waals surface area contributed by atoms with Crippen molar-refractivity contribution in [3.05, 3.63) is 36.5 Å². The normalized spacial score (nSPS) is 13.0. The van der Waals surface area contributed by atoms with Crippen LogP contribution in [0.4, 0.5) is 5.69 Å². The molecule has 2 N–H and O–H groups in total. The Morgan fingerprint density at radius 2 is 2.08 bits per heavy atom. The van der Waals surface area contributed by atoms with Crippen LogP contribution in [0, 0.1) is 0 Å². The van der Waals surface area contributed by atoms with Crippen molar-refractivity contribution in [3.63, 3.8) is 0 Å². The Balaban J connectivity index is 2.53. The third-order valence-electron chi connectivity index (χ3n) is 1.72. The quantitative estimate of drug-likeness (QED) is 0.578. The lowest BCUT2D eigenvalue weighted by atomic mass is 10.3. The summed E-state index contributed by atoms with van der Waals surface area (Å²) in [5.41, 5.74) is 8.61. The number of benzene rings is 1. The van der Waals surface area contributed by atoms with Gasteiger partial charge in [-0.05, 0) is 31.2 Å². The molecule has 1 rings (SSSR count). The Hall–Kier alpha value is -1.22. The predicted molar refractivity (Wildman–Crippen MR) is 59.7 cm³/mol. The van der Waals surface area contributed by atoms with Gasteiger partial charge in [-0.15, -0.1) is 12.3 Å². The Morgan fingerprint density at radius 1 is 1.46 bits per heavy atom. The van der Waals surface area contributed by atoms with Crippen LogP contribution < -0.4 is 10.5 Å². The van der Waals surface area contributed by atoms with Gasteiger partial charge in [0.1, 0.15) is 5.75 Å². The average Bonchev–Trinajstić information content (AvgIpc) is 2.09. The van der Waals surface area contributed by atoms with Crippen LogP contribution in [-0.4, -0.2) is 15.2 Å². The average molecular weight is 193 g/mol. The number of ether oxygens (including phenoxy) is 1.